The molecule has 216 valence electrons. The van der Waals surface area contributed by atoms with Crippen LogP contribution in [0.5, 0.6) is 0 Å². The average Bonchev–Trinajstić information content (AvgIpc) is 3.79. The van der Waals surface area contributed by atoms with Crippen molar-refractivity contribution in [2.45, 2.75) is 31.0 Å². The number of rotatable bonds is 0. The molecule has 5 aliphatic rings. The molecule has 0 aliphatic carbocycles. The first-order chi connectivity index (χ1) is 22.5. The van der Waals surface area contributed by atoms with Crippen LogP contribution >= 0.6 is 0 Å². The van der Waals surface area contributed by atoms with E-state index in [-0.39, 0.29) is 11.6 Å². The quantitative estimate of drug-likeness (QED) is 0.166. The van der Waals surface area contributed by atoms with Gasteiger partial charge in [-0.1, -0.05) is 62.4 Å². The molecule has 0 saturated carbocycles. The number of likely N-dealkylation sites (N-methyl/N-ethyl adjacent to an activating group) is 1. The zero-order valence-electron chi connectivity index (χ0n) is 25.7. The molecule has 0 saturated heterocycles. The Labute approximate surface area is 264 Å². The van der Waals surface area contributed by atoms with Crippen molar-refractivity contribution in [3.63, 3.8) is 0 Å². The molecule has 8 heterocycles. The van der Waals surface area contributed by atoms with Crippen LogP contribution in [0.1, 0.15) is 36.1 Å². The Morgan fingerprint density at radius 2 is 1.24 bits per heavy atom. The number of hydrogen-bond donors (Lipinski definition) is 0. The van der Waals surface area contributed by atoms with Crippen molar-refractivity contribution < 1.29 is 4.57 Å². The van der Waals surface area contributed by atoms with Crippen molar-refractivity contribution in [2.24, 2.45) is 0 Å². The summed E-state index contributed by atoms with van der Waals surface area (Å²) in [5.74, 6) is 1.31. The summed E-state index contributed by atoms with van der Waals surface area (Å²) in [4.78, 5) is 5.22. The summed E-state index contributed by atoms with van der Waals surface area (Å²) in [5, 5.41) is 5.34. The normalized spacial score (nSPS) is 21.3. The van der Waals surface area contributed by atoms with Crippen LogP contribution in [0, 0.1) is 0 Å². The molecule has 0 radical (unpaired) electrons. The van der Waals surface area contributed by atoms with Crippen molar-refractivity contribution in [2.75, 3.05) is 16.8 Å². The van der Waals surface area contributed by atoms with Gasteiger partial charge in [0.15, 0.2) is 11.7 Å². The van der Waals surface area contributed by atoms with Crippen LogP contribution in [0.3, 0.4) is 0 Å². The molecule has 0 bridgehead atoms. The van der Waals surface area contributed by atoms with E-state index in [4.69, 9.17) is 0 Å². The van der Waals surface area contributed by atoms with Gasteiger partial charge in [0, 0.05) is 39.6 Å². The van der Waals surface area contributed by atoms with E-state index in [1.807, 2.05) is 0 Å². The van der Waals surface area contributed by atoms with Crippen LogP contribution in [-0.2, 0) is 11.0 Å². The van der Waals surface area contributed by atoms with Crippen molar-refractivity contribution in [1.82, 2.24) is 9.13 Å². The molecule has 3 aromatic heterocycles. The van der Waals surface area contributed by atoms with Crippen molar-refractivity contribution in [3.8, 4) is 11.5 Å². The first-order valence-electron chi connectivity index (χ1n) is 16.4. The highest BCUT2D eigenvalue weighted by molar-refractivity contribution is 6.18. The van der Waals surface area contributed by atoms with E-state index >= 15 is 0 Å². The van der Waals surface area contributed by atoms with Gasteiger partial charge in [0.25, 0.3) is 5.82 Å². The number of fused-ring (bicyclic) bond motifs is 9. The van der Waals surface area contributed by atoms with E-state index < -0.39 is 5.54 Å². The van der Waals surface area contributed by atoms with Gasteiger partial charge in [0.1, 0.15) is 5.52 Å². The second-order valence-corrected chi connectivity index (χ2v) is 14.5. The first kappa shape index (κ1) is 22.9. The van der Waals surface area contributed by atoms with Gasteiger partial charge in [-0.2, -0.15) is 4.57 Å². The summed E-state index contributed by atoms with van der Waals surface area (Å²) in [6.07, 6.45) is 2.41. The number of benzene rings is 5. The lowest BCUT2D eigenvalue weighted by Crippen LogP contribution is -2.71. The summed E-state index contributed by atoms with van der Waals surface area (Å²) in [5.41, 5.74) is 15.5. The van der Waals surface area contributed by atoms with Crippen molar-refractivity contribution >= 4 is 60.7 Å². The molecule has 13 rings (SSSR count). The minimum Gasteiger partial charge on any atom is -0.348 e. The lowest BCUT2D eigenvalue weighted by atomic mass is 9.72. The molecular formula is C41H28N5+. The first-order valence-corrected chi connectivity index (χ1v) is 16.4. The fraction of sp³-hybridized carbons (Fsp3) is 0.146. The number of pyridine rings is 1. The number of para-hydroxylation sites is 4. The maximum Gasteiger partial charge on any atom is 0.292 e. The Morgan fingerprint density at radius 1 is 0.565 bits per heavy atom. The van der Waals surface area contributed by atoms with Gasteiger partial charge < -0.3 is 14.4 Å². The van der Waals surface area contributed by atoms with E-state index in [1.54, 1.807) is 0 Å². The minimum atomic E-state index is -0.495. The van der Waals surface area contributed by atoms with Crippen molar-refractivity contribution in [3.05, 3.63) is 132 Å². The molecule has 5 nitrogen and oxygen atoms in total. The van der Waals surface area contributed by atoms with Gasteiger partial charge in [-0.05, 0) is 54.6 Å². The van der Waals surface area contributed by atoms with Gasteiger partial charge in [-0.25, -0.2) is 4.57 Å². The van der Waals surface area contributed by atoms with Crippen LogP contribution in [0.2, 0.25) is 0 Å². The summed E-state index contributed by atoms with van der Waals surface area (Å²) in [6, 6.07) is 39.3. The molecule has 46 heavy (non-hydrogen) atoms. The predicted molar refractivity (Wildman–Crippen MR) is 184 cm³/mol. The maximum atomic E-state index is 2.71. The zero-order valence-corrected chi connectivity index (χ0v) is 25.7. The molecular weight excluding hydrogens is 562 g/mol. The standard InChI is InChI=1S/C41H28N5/c1-40(2)26-12-8-11-23-25-18-19-31-33-37(25)46(35(23)26)38-27(40)13-9-21-43(38)41(33)34-32(45-30-16-7-6-15-29(30)42(3)39(41)45)20-17-24-22-10-4-5-14-28(22)44(31)36(24)34/h4-21,39H,1-3H3/q+1. The van der Waals surface area contributed by atoms with Crippen LogP contribution in [0.4, 0.5) is 17.1 Å². The largest absolute Gasteiger partial charge is 0.348 e. The van der Waals surface area contributed by atoms with Crippen LogP contribution < -0.4 is 14.4 Å². The number of nitrogens with zero attached hydrogens (tertiary/aromatic N) is 5. The Bertz CT molecular complexity index is 2830. The van der Waals surface area contributed by atoms with Gasteiger partial charge in [-0.15, -0.1) is 0 Å². The summed E-state index contributed by atoms with van der Waals surface area (Å²) in [7, 11) is 2.31. The van der Waals surface area contributed by atoms with Gasteiger partial charge in [0.2, 0.25) is 5.54 Å². The van der Waals surface area contributed by atoms with Crippen LogP contribution in [-0.4, -0.2) is 22.3 Å². The molecule has 0 amide bonds. The Hall–Kier alpha value is -5.55. The Kier molecular flexibility index (Phi) is 3.32. The second kappa shape index (κ2) is 6.68. The number of hydrogen-bond acceptors (Lipinski definition) is 2. The highest BCUT2D eigenvalue weighted by atomic mass is 15.5. The number of aromatic nitrogens is 3. The summed E-state index contributed by atoms with van der Waals surface area (Å²) < 4.78 is 7.95. The van der Waals surface area contributed by atoms with Crippen molar-refractivity contribution in [1.29, 1.82) is 0 Å². The third kappa shape index (κ3) is 1.95. The fourth-order valence-electron chi connectivity index (χ4n) is 10.8. The zero-order chi connectivity index (χ0) is 30.0. The molecule has 2 atom stereocenters. The van der Waals surface area contributed by atoms with E-state index in [9.17, 15) is 0 Å². The summed E-state index contributed by atoms with van der Waals surface area (Å²) in [6.45, 7) is 4.84. The van der Waals surface area contributed by atoms with E-state index in [2.05, 4.69) is 154 Å². The lowest BCUT2D eigenvalue weighted by molar-refractivity contribution is -0.741. The molecule has 0 N–H and O–H groups in total. The van der Waals surface area contributed by atoms with Gasteiger partial charge >= 0.3 is 0 Å². The molecule has 2 unspecified atom stereocenters. The SMILES string of the molecule is CN1c2ccccc2N2c3ccc4c5ccccc5n5c4c3C3(c4c-5ccc5c6cccc7c6n(c45)-c4c(ccc[n+]43)C7(C)C)C12. The van der Waals surface area contributed by atoms with Crippen LogP contribution in [0.15, 0.2) is 109 Å². The summed E-state index contributed by atoms with van der Waals surface area (Å²) >= 11 is 0. The smallest absolute Gasteiger partial charge is 0.292 e. The molecule has 5 heteroatoms. The fourth-order valence-corrected chi connectivity index (χ4v) is 10.8. The van der Waals surface area contributed by atoms with Gasteiger partial charge in [-0.3, -0.25) is 0 Å². The minimum absolute atomic E-state index is 0.0226. The highest BCUT2D eigenvalue weighted by Crippen LogP contribution is 2.65. The molecule has 5 aromatic carbocycles. The highest BCUT2D eigenvalue weighted by Gasteiger charge is 2.69. The Balaban J connectivity index is 1.39. The monoisotopic (exact) mass is 590 g/mol. The lowest BCUT2D eigenvalue weighted by Gasteiger charge is -2.45. The topological polar surface area (TPSA) is 20.2 Å². The molecule has 5 aliphatic heterocycles. The molecule has 0 fully saturated rings. The second-order valence-electron chi connectivity index (χ2n) is 14.5. The third-order valence-corrected chi connectivity index (χ3v) is 12.4. The maximum absolute atomic E-state index is 2.71. The van der Waals surface area contributed by atoms with Gasteiger partial charge in [0.05, 0.1) is 56.7 Å². The average molecular weight is 591 g/mol. The third-order valence-electron chi connectivity index (χ3n) is 12.4. The van der Waals surface area contributed by atoms with E-state index in [0.717, 1.165) is 0 Å². The molecule has 1 spiro atoms. The van der Waals surface area contributed by atoms with Crippen LogP contribution in [0.25, 0.3) is 55.1 Å². The number of anilines is 3. The van der Waals surface area contributed by atoms with E-state index in [1.165, 1.54) is 94.4 Å². The predicted octanol–water partition coefficient (Wildman–Crippen LogP) is 8.15. The van der Waals surface area contributed by atoms with E-state index in [0.29, 0.717) is 0 Å². The Morgan fingerprint density at radius 3 is 2.13 bits per heavy atom. The molecule has 8 aromatic rings.